The maximum Gasteiger partial charge on any atom is 0.251 e. The van der Waals surface area contributed by atoms with Crippen LogP contribution in [0.2, 0.25) is 0 Å². The summed E-state index contributed by atoms with van der Waals surface area (Å²) in [4.78, 5) is 4.03. The molecule has 1 N–H and O–H groups in total. The summed E-state index contributed by atoms with van der Waals surface area (Å²) in [6, 6.07) is 4.07. The molecule has 0 amide bonds. The first kappa shape index (κ1) is 13.5. The summed E-state index contributed by atoms with van der Waals surface area (Å²) in [7, 11) is 1.72. The van der Waals surface area contributed by atoms with Gasteiger partial charge in [0.15, 0.2) is 0 Å². The van der Waals surface area contributed by atoms with Crippen molar-refractivity contribution in [2.75, 3.05) is 20.1 Å². The third-order valence-electron chi connectivity index (χ3n) is 2.14. The van der Waals surface area contributed by atoms with Gasteiger partial charge in [-0.1, -0.05) is 6.92 Å². The van der Waals surface area contributed by atoms with E-state index in [9.17, 15) is 8.78 Å². The molecule has 0 aliphatic rings. The average Bonchev–Trinajstić information content (AvgIpc) is 2.61. The molecule has 5 heteroatoms. The molecule has 1 rings (SSSR count). The molecule has 0 aliphatic heterocycles. The highest BCUT2D eigenvalue weighted by molar-refractivity contribution is 7.11. The summed E-state index contributed by atoms with van der Waals surface area (Å²) < 4.78 is 24.2. The van der Waals surface area contributed by atoms with Gasteiger partial charge in [-0.3, -0.25) is 4.90 Å². The molecule has 16 heavy (non-hydrogen) atoms. The molecule has 0 saturated heterocycles. The number of alkyl halides is 2. The quantitative estimate of drug-likeness (QED) is 0.798. The summed E-state index contributed by atoms with van der Waals surface area (Å²) in [5.41, 5.74) is 0. The molecule has 1 aromatic heterocycles. The van der Waals surface area contributed by atoms with Gasteiger partial charge < -0.3 is 5.32 Å². The third kappa shape index (κ3) is 5.01. The van der Waals surface area contributed by atoms with Crippen LogP contribution < -0.4 is 5.32 Å². The number of nitrogens with zero attached hydrogens (tertiary/aromatic N) is 1. The van der Waals surface area contributed by atoms with Gasteiger partial charge in [0.25, 0.3) is 6.43 Å². The summed E-state index contributed by atoms with van der Waals surface area (Å²) in [5.74, 6) is 0. The van der Waals surface area contributed by atoms with E-state index >= 15 is 0 Å². The number of thiophene rings is 1. The van der Waals surface area contributed by atoms with Gasteiger partial charge in [-0.05, 0) is 25.7 Å². The van der Waals surface area contributed by atoms with Crippen molar-refractivity contribution in [2.24, 2.45) is 0 Å². The molecule has 0 spiro atoms. The van der Waals surface area contributed by atoms with Crippen LogP contribution in [0.25, 0.3) is 0 Å². The summed E-state index contributed by atoms with van der Waals surface area (Å²) in [5, 5.41) is 3.24. The molecule has 0 unspecified atom stereocenters. The molecule has 92 valence electrons. The van der Waals surface area contributed by atoms with Crippen LogP contribution >= 0.6 is 11.3 Å². The van der Waals surface area contributed by atoms with Crippen LogP contribution in [0.15, 0.2) is 12.1 Å². The molecule has 0 saturated carbocycles. The largest absolute Gasteiger partial charge is 0.312 e. The molecule has 2 nitrogen and oxygen atoms in total. The first-order chi connectivity index (χ1) is 7.61. The van der Waals surface area contributed by atoms with Crippen LogP contribution in [0.1, 0.15) is 16.7 Å². The monoisotopic (exact) mass is 248 g/mol. The van der Waals surface area contributed by atoms with E-state index in [1.165, 1.54) is 4.88 Å². The number of hydrogen-bond acceptors (Lipinski definition) is 3. The van der Waals surface area contributed by atoms with E-state index in [-0.39, 0.29) is 6.54 Å². The van der Waals surface area contributed by atoms with Gasteiger partial charge in [-0.15, -0.1) is 11.3 Å². The lowest BCUT2D eigenvalue weighted by atomic mass is 10.4. The maximum atomic E-state index is 12.1. The normalized spacial score (nSPS) is 11.6. The average molecular weight is 248 g/mol. The van der Waals surface area contributed by atoms with E-state index in [1.807, 2.05) is 6.07 Å². The van der Waals surface area contributed by atoms with E-state index in [0.29, 0.717) is 6.54 Å². The summed E-state index contributed by atoms with van der Waals surface area (Å²) >= 11 is 1.68. The van der Waals surface area contributed by atoms with Crippen LogP contribution in [0, 0.1) is 0 Å². The molecule has 0 aromatic carbocycles. The second kappa shape index (κ2) is 6.93. The second-order valence-corrected chi connectivity index (χ2v) is 4.99. The number of rotatable bonds is 7. The lowest BCUT2D eigenvalue weighted by Gasteiger charge is -2.14. The van der Waals surface area contributed by atoms with Crippen molar-refractivity contribution in [3.05, 3.63) is 21.9 Å². The minimum Gasteiger partial charge on any atom is -0.312 e. The fourth-order valence-electron chi connectivity index (χ4n) is 1.42. The zero-order chi connectivity index (χ0) is 12.0. The molecular weight excluding hydrogens is 230 g/mol. The Morgan fingerprint density at radius 3 is 2.69 bits per heavy atom. The minimum atomic E-state index is -2.26. The molecule has 0 aliphatic carbocycles. The second-order valence-electron chi connectivity index (χ2n) is 3.74. The first-order valence-electron chi connectivity index (χ1n) is 5.36. The van der Waals surface area contributed by atoms with Crippen LogP contribution in [0.5, 0.6) is 0 Å². The highest BCUT2D eigenvalue weighted by atomic mass is 32.1. The molecule has 0 bridgehead atoms. The molecule has 0 atom stereocenters. The van der Waals surface area contributed by atoms with Gasteiger partial charge in [0.1, 0.15) is 0 Å². The van der Waals surface area contributed by atoms with Gasteiger partial charge in [0.05, 0.1) is 6.54 Å². The summed E-state index contributed by atoms with van der Waals surface area (Å²) in [6.07, 6.45) is -2.26. The van der Waals surface area contributed by atoms with E-state index in [0.717, 1.165) is 18.0 Å². The third-order valence-corrected chi connectivity index (χ3v) is 3.21. The molecular formula is C11H18F2N2S. The smallest absolute Gasteiger partial charge is 0.251 e. The van der Waals surface area contributed by atoms with E-state index in [2.05, 4.69) is 18.3 Å². The van der Waals surface area contributed by atoms with Crippen molar-refractivity contribution in [1.82, 2.24) is 10.2 Å². The zero-order valence-electron chi connectivity index (χ0n) is 9.67. The van der Waals surface area contributed by atoms with Crippen molar-refractivity contribution in [3.63, 3.8) is 0 Å². The SMILES string of the molecule is CCNCc1ccc(CN(C)CC(F)F)s1. The lowest BCUT2D eigenvalue weighted by Crippen LogP contribution is -2.23. The van der Waals surface area contributed by atoms with Crippen molar-refractivity contribution < 1.29 is 8.78 Å². The van der Waals surface area contributed by atoms with Crippen molar-refractivity contribution in [2.45, 2.75) is 26.4 Å². The maximum absolute atomic E-state index is 12.1. The van der Waals surface area contributed by atoms with E-state index in [1.54, 1.807) is 23.3 Å². The number of hydrogen-bond donors (Lipinski definition) is 1. The van der Waals surface area contributed by atoms with Crippen molar-refractivity contribution >= 4 is 11.3 Å². The van der Waals surface area contributed by atoms with E-state index < -0.39 is 6.43 Å². The van der Waals surface area contributed by atoms with E-state index in [4.69, 9.17) is 0 Å². The Morgan fingerprint density at radius 1 is 1.38 bits per heavy atom. The highest BCUT2D eigenvalue weighted by Gasteiger charge is 2.09. The molecule has 0 radical (unpaired) electrons. The van der Waals surface area contributed by atoms with Crippen molar-refractivity contribution in [1.29, 1.82) is 0 Å². The van der Waals surface area contributed by atoms with Crippen molar-refractivity contribution in [3.8, 4) is 0 Å². The Bertz CT molecular complexity index is 302. The highest BCUT2D eigenvalue weighted by Crippen LogP contribution is 2.18. The van der Waals surface area contributed by atoms with Gasteiger partial charge in [-0.25, -0.2) is 8.78 Å². The van der Waals surface area contributed by atoms with Gasteiger partial charge in [0.2, 0.25) is 0 Å². The predicted octanol–water partition coefficient (Wildman–Crippen LogP) is 2.55. The topological polar surface area (TPSA) is 15.3 Å². The predicted molar refractivity (Wildman–Crippen MR) is 64.0 cm³/mol. The Morgan fingerprint density at radius 2 is 2.06 bits per heavy atom. The standard InChI is InChI=1S/C11H18F2N2S/c1-3-14-6-9-4-5-10(16-9)7-15(2)8-11(12)13/h4-5,11,14H,3,6-8H2,1-2H3. The Kier molecular flexibility index (Phi) is 5.87. The first-order valence-corrected chi connectivity index (χ1v) is 6.18. The molecule has 1 heterocycles. The number of halogens is 2. The Hall–Kier alpha value is -0.520. The van der Waals surface area contributed by atoms with Crippen LogP contribution in [0.3, 0.4) is 0 Å². The van der Waals surface area contributed by atoms with Gasteiger partial charge in [0, 0.05) is 22.8 Å². The molecule has 1 aromatic rings. The Labute approximate surface area is 99.3 Å². The molecule has 0 fully saturated rings. The minimum absolute atomic E-state index is 0.166. The van der Waals surface area contributed by atoms with Crippen LogP contribution in [-0.2, 0) is 13.1 Å². The van der Waals surface area contributed by atoms with Crippen LogP contribution in [-0.4, -0.2) is 31.5 Å². The van der Waals surface area contributed by atoms with Gasteiger partial charge >= 0.3 is 0 Å². The fourth-order valence-corrected chi connectivity index (χ4v) is 2.48. The summed E-state index contributed by atoms with van der Waals surface area (Å²) in [6.45, 7) is 4.30. The Balaban J connectivity index is 2.39. The van der Waals surface area contributed by atoms with Gasteiger partial charge in [-0.2, -0.15) is 0 Å². The lowest BCUT2D eigenvalue weighted by molar-refractivity contribution is 0.0979. The zero-order valence-corrected chi connectivity index (χ0v) is 10.5. The fraction of sp³-hybridized carbons (Fsp3) is 0.636. The van der Waals surface area contributed by atoms with Crippen LogP contribution in [0.4, 0.5) is 8.78 Å². The number of nitrogens with one attached hydrogen (secondary N) is 1.